The fourth-order valence-electron chi connectivity index (χ4n) is 3.04. The van der Waals surface area contributed by atoms with E-state index in [-0.39, 0.29) is 11.4 Å². The molecule has 2 rings (SSSR count). The summed E-state index contributed by atoms with van der Waals surface area (Å²) in [6.07, 6.45) is 1.43. The van der Waals surface area contributed by atoms with Gasteiger partial charge < -0.3 is 9.84 Å². The second kappa shape index (κ2) is 4.64. The van der Waals surface area contributed by atoms with E-state index in [0.717, 1.165) is 17.5 Å². The van der Waals surface area contributed by atoms with Crippen molar-refractivity contribution in [2.45, 2.75) is 44.6 Å². The molecule has 1 aromatic carbocycles. The SMILES string of the molecule is COC(=O)C(C)C1(O)CCC(C)(C)c2ccccc21. The Labute approximate surface area is 114 Å². The molecule has 0 bridgehead atoms. The van der Waals surface area contributed by atoms with Gasteiger partial charge in [0, 0.05) is 0 Å². The third kappa shape index (κ3) is 2.16. The number of ether oxygens (including phenoxy) is 1. The molecule has 1 aromatic rings. The second-order valence-corrected chi connectivity index (χ2v) is 6.10. The molecule has 0 fully saturated rings. The van der Waals surface area contributed by atoms with Crippen LogP contribution in [0.4, 0.5) is 0 Å². The number of aliphatic hydroxyl groups is 1. The molecule has 3 nitrogen and oxygen atoms in total. The number of fused-ring (bicyclic) bond motifs is 1. The van der Waals surface area contributed by atoms with Gasteiger partial charge in [-0.1, -0.05) is 38.1 Å². The van der Waals surface area contributed by atoms with Crippen molar-refractivity contribution in [2.75, 3.05) is 7.11 Å². The molecule has 1 N–H and O–H groups in total. The van der Waals surface area contributed by atoms with Crippen molar-refractivity contribution < 1.29 is 14.6 Å². The van der Waals surface area contributed by atoms with E-state index in [9.17, 15) is 9.90 Å². The first kappa shape index (κ1) is 14.1. The summed E-state index contributed by atoms with van der Waals surface area (Å²) in [5, 5.41) is 11.0. The Balaban J connectivity index is 2.53. The third-order valence-electron chi connectivity index (χ3n) is 4.52. The van der Waals surface area contributed by atoms with Crippen LogP contribution < -0.4 is 0 Å². The van der Waals surface area contributed by atoms with Crippen LogP contribution in [0.1, 0.15) is 44.7 Å². The van der Waals surface area contributed by atoms with Gasteiger partial charge in [-0.3, -0.25) is 4.79 Å². The second-order valence-electron chi connectivity index (χ2n) is 6.10. The highest BCUT2D eigenvalue weighted by Gasteiger charge is 2.47. The molecule has 0 spiro atoms. The average Bonchev–Trinajstić information content (AvgIpc) is 2.42. The lowest BCUT2D eigenvalue weighted by atomic mass is 9.63. The molecule has 104 valence electrons. The molecular weight excluding hydrogens is 240 g/mol. The van der Waals surface area contributed by atoms with E-state index in [1.807, 2.05) is 24.3 Å². The van der Waals surface area contributed by atoms with Crippen LogP contribution in [-0.4, -0.2) is 18.2 Å². The Morgan fingerprint density at radius 1 is 1.26 bits per heavy atom. The molecule has 0 aliphatic heterocycles. The smallest absolute Gasteiger partial charge is 0.311 e. The van der Waals surface area contributed by atoms with Gasteiger partial charge in [0.1, 0.15) is 5.60 Å². The van der Waals surface area contributed by atoms with E-state index in [4.69, 9.17) is 4.74 Å². The number of benzene rings is 1. The van der Waals surface area contributed by atoms with Crippen LogP contribution in [-0.2, 0) is 20.5 Å². The van der Waals surface area contributed by atoms with Crippen LogP contribution >= 0.6 is 0 Å². The maximum atomic E-state index is 11.8. The number of hydrogen-bond acceptors (Lipinski definition) is 3. The molecule has 19 heavy (non-hydrogen) atoms. The van der Waals surface area contributed by atoms with Crippen molar-refractivity contribution in [3.05, 3.63) is 35.4 Å². The van der Waals surface area contributed by atoms with Crippen LogP contribution in [0.25, 0.3) is 0 Å². The zero-order valence-electron chi connectivity index (χ0n) is 12.1. The van der Waals surface area contributed by atoms with E-state index in [0.29, 0.717) is 6.42 Å². The summed E-state index contributed by atoms with van der Waals surface area (Å²) in [6.45, 7) is 6.09. The average molecular weight is 262 g/mol. The summed E-state index contributed by atoms with van der Waals surface area (Å²) in [4.78, 5) is 11.8. The standard InChI is InChI=1S/C16H22O3/c1-11(14(17)19-4)16(18)10-9-15(2,3)12-7-5-6-8-13(12)16/h5-8,11,18H,9-10H2,1-4H3. The molecular formula is C16H22O3. The highest BCUT2D eigenvalue weighted by Crippen LogP contribution is 2.48. The van der Waals surface area contributed by atoms with E-state index in [2.05, 4.69) is 13.8 Å². The van der Waals surface area contributed by atoms with Crippen LogP contribution in [0.15, 0.2) is 24.3 Å². The fourth-order valence-corrected chi connectivity index (χ4v) is 3.04. The zero-order chi connectivity index (χ0) is 14.3. The molecule has 3 heteroatoms. The monoisotopic (exact) mass is 262 g/mol. The van der Waals surface area contributed by atoms with Gasteiger partial charge in [-0.05, 0) is 36.3 Å². The maximum absolute atomic E-state index is 11.8. The van der Waals surface area contributed by atoms with E-state index in [1.54, 1.807) is 6.92 Å². The van der Waals surface area contributed by atoms with Crippen molar-refractivity contribution in [1.82, 2.24) is 0 Å². The molecule has 0 saturated carbocycles. The van der Waals surface area contributed by atoms with Crippen LogP contribution in [0.5, 0.6) is 0 Å². The number of methoxy groups -OCH3 is 1. The summed E-state index contributed by atoms with van der Waals surface area (Å²) in [5.74, 6) is -0.924. The van der Waals surface area contributed by atoms with Gasteiger partial charge in [0.15, 0.2) is 0 Å². The van der Waals surface area contributed by atoms with E-state index in [1.165, 1.54) is 7.11 Å². The van der Waals surface area contributed by atoms with Crippen molar-refractivity contribution in [3.8, 4) is 0 Å². The summed E-state index contributed by atoms with van der Waals surface area (Å²) in [5.41, 5.74) is 0.890. The van der Waals surface area contributed by atoms with Gasteiger partial charge in [-0.15, -0.1) is 0 Å². The minimum atomic E-state index is -1.13. The van der Waals surface area contributed by atoms with Crippen molar-refractivity contribution in [1.29, 1.82) is 0 Å². The highest BCUT2D eigenvalue weighted by molar-refractivity contribution is 5.74. The van der Waals surface area contributed by atoms with Gasteiger partial charge in [0.25, 0.3) is 0 Å². The predicted octanol–water partition coefficient (Wildman–Crippen LogP) is 2.75. The van der Waals surface area contributed by atoms with Crippen molar-refractivity contribution >= 4 is 5.97 Å². The Morgan fingerprint density at radius 3 is 2.42 bits per heavy atom. The van der Waals surface area contributed by atoms with Gasteiger partial charge in [-0.2, -0.15) is 0 Å². The molecule has 0 saturated heterocycles. The van der Waals surface area contributed by atoms with Gasteiger partial charge in [0.2, 0.25) is 0 Å². The normalized spacial score (nSPS) is 26.4. The lowest BCUT2D eigenvalue weighted by Crippen LogP contribution is -2.45. The Hall–Kier alpha value is -1.35. The first-order valence-corrected chi connectivity index (χ1v) is 6.73. The minimum absolute atomic E-state index is 0.0265. The van der Waals surface area contributed by atoms with Gasteiger partial charge in [-0.25, -0.2) is 0 Å². The first-order chi connectivity index (χ1) is 8.83. The van der Waals surface area contributed by atoms with Gasteiger partial charge >= 0.3 is 5.97 Å². The molecule has 1 aliphatic rings. The molecule has 0 amide bonds. The molecule has 1 aliphatic carbocycles. The van der Waals surface area contributed by atoms with Crippen LogP contribution in [0.2, 0.25) is 0 Å². The lowest BCUT2D eigenvalue weighted by molar-refractivity contribution is -0.157. The summed E-state index contributed by atoms with van der Waals surface area (Å²) in [6, 6.07) is 7.86. The maximum Gasteiger partial charge on any atom is 0.311 e. The third-order valence-corrected chi connectivity index (χ3v) is 4.52. The zero-order valence-corrected chi connectivity index (χ0v) is 12.1. The Bertz CT molecular complexity index is 493. The molecule has 0 heterocycles. The summed E-state index contributed by atoms with van der Waals surface area (Å²) >= 11 is 0. The summed E-state index contributed by atoms with van der Waals surface area (Å²) in [7, 11) is 1.36. The van der Waals surface area contributed by atoms with Crippen LogP contribution in [0.3, 0.4) is 0 Å². The molecule has 2 unspecified atom stereocenters. The lowest BCUT2D eigenvalue weighted by Gasteiger charge is -2.44. The molecule has 0 aromatic heterocycles. The first-order valence-electron chi connectivity index (χ1n) is 6.73. The largest absolute Gasteiger partial charge is 0.469 e. The van der Waals surface area contributed by atoms with Crippen molar-refractivity contribution in [3.63, 3.8) is 0 Å². The quantitative estimate of drug-likeness (QED) is 0.834. The Kier molecular flexibility index (Phi) is 3.43. The number of hydrogen-bond donors (Lipinski definition) is 1. The molecule has 2 atom stereocenters. The van der Waals surface area contributed by atoms with E-state index >= 15 is 0 Å². The number of carbonyl (C=O) groups is 1. The Morgan fingerprint density at radius 2 is 1.84 bits per heavy atom. The van der Waals surface area contributed by atoms with E-state index < -0.39 is 11.5 Å². The minimum Gasteiger partial charge on any atom is -0.469 e. The van der Waals surface area contributed by atoms with Crippen molar-refractivity contribution in [2.24, 2.45) is 5.92 Å². The highest BCUT2D eigenvalue weighted by atomic mass is 16.5. The number of rotatable bonds is 2. The predicted molar refractivity (Wildman–Crippen MR) is 73.8 cm³/mol. The number of esters is 1. The number of carbonyl (C=O) groups excluding carboxylic acids is 1. The summed E-state index contributed by atoms with van der Waals surface area (Å²) < 4.78 is 4.80. The molecule has 0 radical (unpaired) electrons. The van der Waals surface area contributed by atoms with Gasteiger partial charge in [0.05, 0.1) is 13.0 Å². The topological polar surface area (TPSA) is 46.5 Å². The fraction of sp³-hybridized carbons (Fsp3) is 0.562. The van der Waals surface area contributed by atoms with Crippen LogP contribution in [0, 0.1) is 5.92 Å².